The molecule has 2 N–H and O–H groups in total. The fourth-order valence-electron chi connectivity index (χ4n) is 2.73. The van der Waals surface area contributed by atoms with Gasteiger partial charge in [0.15, 0.2) is 0 Å². The smallest absolute Gasteiger partial charge is 0.126 e. The Balaban J connectivity index is 1.77. The number of hydrogen-bond donors (Lipinski definition) is 1. The van der Waals surface area contributed by atoms with Crippen LogP contribution < -0.4 is 5.73 Å². The first-order valence-electron chi connectivity index (χ1n) is 6.65. The number of hydrogen-bond acceptors (Lipinski definition) is 2. The van der Waals surface area contributed by atoms with E-state index in [4.69, 9.17) is 5.73 Å². The van der Waals surface area contributed by atoms with Crippen LogP contribution in [0.1, 0.15) is 16.7 Å². The van der Waals surface area contributed by atoms with Crippen molar-refractivity contribution in [3.63, 3.8) is 0 Å². The van der Waals surface area contributed by atoms with Crippen molar-refractivity contribution < 1.29 is 8.78 Å². The maximum absolute atomic E-state index is 13.2. The lowest BCUT2D eigenvalue weighted by molar-refractivity contribution is 0.245. The van der Waals surface area contributed by atoms with E-state index in [0.717, 1.165) is 31.3 Å². The van der Waals surface area contributed by atoms with Crippen LogP contribution in [0.2, 0.25) is 0 Å². The van der Waals surface area contributed by atoms with E-state index < -0.39 is 11.6 Å². The van der Waals surface area contributed by atoms with Gasteiger partial charge in [-0.15, -0.1) is 0 Å². The number of benzene rings is 2. The van der Waals surface area contributed by atoms with Crippen LogP contribution >= 0.6 is 0 Å². The first-order chi connectivity index (χ1) is 9.60. The van der Waals surface area contributed by atoms with Gasteiger partial charge in [0.25, 0.3) is 0 Å². The summed E-state index contributed by atoms with van der Waals surface area (Å²) < 4.78 is 26.4. The van der Waals surface area contributed by atoms with Gasteiger partial charge in [-0.25, -0.2) is 8.78 Å². The minimum Gasteiger partial charge on any atom is -0.399 e. The monoisotopic (exact) mass is 274 g/mol. The molecule has 1 aliphatic rings. The van der Waals surface area contributed by atoms with Crippen molar-refractivity contribution in [1.29, 1.82) is 0 Å². The van der Waals surface area contributed by atoms with Crippen LogP contribution in [0.3, 0.4) is 0 Å². The molecule has 104 valence electrons. The van der Waals surface area contributed by atoms with Gasteiger partial charge in [0.05, 0.1) is 0 Å². The second-order valence-electron chi connectivity index (χ2n) is 5.27. The molecule has 20 heavy (non-hydrogen) atoms. The zero-order valence-corrected chi connectivity index (χ0v) is 11.1. The Labute approximate surface area is 116 Å². The van der Waals surface area contributed by atoms with E-state index in [1.807, 2.05) is 12.1 Å². The fourth-order valence-corrected chi connectivity index (χ4v) is 2.73. The van der Waals surface area contributed by atoms with Crippen LogP contribution in [0.15, 0.2) is 36.4 Å². The predicted octanol–water partition coefficient (Wildman–Crippen LogP) is 3.11. The normalized spacial score (nSPS) is 15.1. The van der Waals surface area contributed by atoms with Gasteiger partial charge in [-0.05, 0) is 47.4 Å². The van der Waals surface area contributed by atoms with Crippen molar-refractivity contribution >= 4 is 5.69 Å². The Morgan fingerprint density at radius 1 is 1.00 bits per heavy atom. The lowest BCUT2D eigenvalue weighted by Crippen LogP contribution is -2.30. The minimum atomic E-state index is -0.526. The number of nitrogens with zero attached hydrogens (tertiary/aromatic N) is 1. The van der Waals surface area contributed by atoms with Crippen LogP contribution in [0.5, 0.6) is 0 Å². The third-order valence-electron chi connectivity index (χ3n) is 3.65. The van der Waals surface area contributed by atoms with Gasteiger partial charge < -0.3 is 5.73 Å². The zero-order chi connectivity index (χ0) is 14.1. The zero-order valence-electron chi connectivity index (χ0n) is 11.1. The highest BCUT2D eigenvalue weighted by atomic mass is 19.1. The Morgan fingerprint density at radius 2 is 1.75 bits per heavy atom. The largest absolute Gasteiger partial charge is 0.399 e. The molecule has 0 saturated heterocycles. The van der Waals surface area contributed by atoms with Crippen molar-refractivity contribution in [3.05, 3.63) is 64.7 Å². The summed E-state index contributed by atoms with van der Waals surface area (Å²) in [7, 11) is 0. The number of halogens is 2. The number of anilines is 1. The third-order valence-corrected chi connectivity index (χ3v) is 3.65. The van der Waals surface area contributed by atoms with Crippen LogP contribution in [0.4, 0.5) is 14.5 Å². The minimum absolute atomic E-state index is 0.526. The van der Waals surface area contributed by atoms with Crippen molar-refractivity contribution in [1.82, 2.24) is 4.90 Å². The maximum Gasteiger partial charge on any atom is 0.126 e. The van der Waals surface area contributed by atoms with Crippen LogP contribution in [-0.4, -0.2) is 11.4 Å². The molecule has 0 saturated carbocycles. The third kappa shape index (κ3) is 2.80. The highest BCUT2D eigenvalue weighted by Crippen LogP contribution is 2.23. The number of nitrogen functional groups attached to an aromatic ring is 1. The Kier molecular flexibility index (Phi) is 3.40. The Hall–Kier alpha value is -1.94. The van der Waals surface area contributed by atoms with Crippen LogP contribution in [-0.2, 0) is 19.5 Å². The van der Waals surface area contributed by atoms with E-state index in [-0.39, 0.29) is 0 Å². The fraction of sp³-hybridized carbons (Fsp3) is 0.250. The topological polar surface area (TPSA) is 29.3 Å². The second-order valence-corrected chi connectivity index (χ2v) is 5.27. The summed E-state index contributed by atoms with van der Waals surface area (Å²) in [5.41, 5.74) is 9.72. The lowest BCUT2D eigenvalue weighted by atomic mass is 9.98. The van der Waals surface area contributed by atoms with E-state index in [1.165, 1.54) is 23.3 Å². The summed E-state index contributed by atoms with van der Waals surface area (Å²) in [6.07, 6.45) is 0.938. The van der Waals surface area contributed by atoms with Gasteiger partial charge >= 0.3 is 0 Å². The molecule has 0 amide bonds. The van der Waals surface area contributed by atoms with Gasteiger partial charge in [-0.2, -0.15) is 0 Å². The summed E-state index contributed by atoms with van der Waals surface area (Å²) in [5.74, 6) is -1.05. The molecule has 0 unspecified atom stereocenters. The Bertz CT molecular complexity index is 620. The molecule has 2 nitrogen and oxygen atoms in total. The SMILES string of the molecule is Nc1ccc2c(c1)CN(Cc1cc(F)cc(F)c1)CC2. The van der Waals surface area contributed by atoms with E-state index in [9.17, 15) is 8.78 Å². The van der Waals surface area contributed by atoms with Gasteiger partial charge in [0.2, 0.25) is 0 Å². The van der Waals surface area contributed by atoms with Crippen molar-refractivity contribution in [2.75, 3.05) is 12.3 Å². The molecule has 2 aromatic rings. The predicted molar refractivity (Wildman–Crippen MR) is 75.0 cm³/mol. The van der Waals surface area contributed by atoms with Crippen molar-refractivity contribution in [2.24, 2.45) is 0 Å². The van der Waals surface area contributed by atoms with E-state index in [2.05, 4.69) is 11.0 Å². The first-order valence-corrected chi connectivity index (χ1v) is 6.65. The van der Waals surface area contributed by atoms with Crippen LogP contribution in [0, 0.1) is 11.6 Å². The molecule has 1 heterocycles. The van der Waals surface area contributed by atoms with E-state index in [0.29, 0.717) is 12.1 Å². The summed E-state index contributed by atoms with van der Waals surface area (Å²) >= 11 is 0. The van der Waals surface area contributed by atoms with Gasteiger partial charge in [-0.3, -0.25) is 4.90 Å². The van der Waals surface area contributed by atoms with E-state index >= 15 is 0 Å². The molecule has 4 heteroatoms. The average Bonchev–Trinajstić information content (AvgIpc) is 2.37. The average molecular weight is 274 g/mol. The van der Waals surface area contributed by atoms with Crippen molar-refractivity contribution in [2.45, 2.75) is 19.5 Å². The van der Waals surface area contributed by atoms with Gasteiger partial charge in [0.1, 0.15) is 11.6 Å². The molecular formula is C16H16F2N2. The summed E-state index contributed by atoms with van der Waals surface area (Å²) in [6.45, 7) is 2.19. The second kappa shape index (κ2) is 5.21. The molecule has 2 aromatic carbocycles. The molecule has 0 radical (unpaired) electrons. The van der Waals surface area contributed by atoms with Crippen molar-refractivity contribution in [3.8, 4) is 0 Å². The highest BCUT2D eigenvalue weighted by molar-refractivity contribution is 5.45. The number of nitrogens with two attached hydrogens (primary N) is 1. The highest BCUT2D eigenvalue weighted by Gasteiger charge is 2.16. The summed E-state index contributed by atoms with van der Waals surface area (Å²) in [6, 6.07) is 9.62. The molecule has 0 bridgehead atoms. The van der Waals surface area contributed by atoms with E-state index in [1.54, 1.807) is 0 Å². The lowest BCUT2D eigenvalue weighted by Gasteiger charge is -2.29. The molecule has 0 aliphatic carbocycles. The first kappa shape index (κ1) is 13.1. The number of rotatable bonds is 2. The molecule has 1 aliphatic heterocycles. The molecule has 0 spiro atoms. The molecule has 0 aromatic heterocycles. The molecule has 0 atom stereocenters. The molecule has 3 rings (SSSR count). The molecule has 0 fully saturated rings. The Morgan fingerprint density at radius 3 is 2.50 bits per heavy atom. The summed E-state index contributed by atoms with van der Waals surface area (Å²) in [4.78, 5) is 2.18. The van der Waals surface area contributed by atoms with Crippen LogP contribution in [0.25, 0.3) is 0 Å². The standard InChI is InChI=1S/C16H16F2N2/c17-14-5-11(6-15(18)8-14)9-20-4-3-12-1-2-16(19)7-13(12)10-20/h1-2,5-8H,3-4,9-10,19H2. The number of fused-ring (bicyclic) bond motifs is 1. The summed E-state index contributed by atoms with van der Waals surface area (Å²) in [5, 5.41) is 0. The van der Waals surface area contributed by atoms with Gasteiger partial charge in [0, 0.05) is 31.4 Å². The molecular weight excluding hydrogens is 258 g/mol. The quantitative estimate of drug-likeness (QED) is 0.853. The maximum atomic E-state index is 13.2. The van der Waals surface area contributed by atoms with Gasteiger partial charge in [-0.1, -0.05) is 6.07 Å².